The van der Waals surface area contributed by atoms with Crippen molar-refractivity contribution >= 4 is 17.5 Å². The Kier molecular flexibility index (Phi) is 6.16. The van der Waals surface area contributed by atoms with E-state index in [1.807, 2.05) is 32.0 Å². The van der Waals surface area contributed by atoms with Gasteiger partial charge >= 0.3 is 0 Å². The molecule has 0 saturated carbocycles. The lowest BCUT2D eigenvalue weighted by molar-refractivity contribution is -0.123. The third-order valence-corrected chi connectivity index (χ3v) is 3.40. The Labute approximate surface area is 114 Å². The molecule has 3 nitrogen and oxygen atoms in total. The van der Waals surface area contributed by atoms with Crippen molar-refractivity contribution in [2.75, 3.05) is 6.54 Å². The molecule has 0 heterocycles. The fourth-order valence-corrected chi connectivity index (χ4v) is 2.07. The number of hydrogen-bond donors (Lipinski definition) is 2. The molecule has 0 aliphatic rings. The number of benzene rings is 1. The molecule has 1 amide bonds. The van der Waals surface area contributed by atoms with E-state index in [1.165, 1.54) is 0 Å². The van der Waals surface area contributed by atoms with Crippen molar-refractivity contribution < 1.29 is 4.79 Å². The van der Waals surface area contributed by atoms with Crippen LogP contribution in [0.3, 0.4) is 0 Å². The molecule has 2 atom stereocenters. The summed E-state index contributed by atoms with van der Waals surface area (Å²) in [5, 5.41) is 3.61. The first-order valence-corrected chi connectivity index (χ1v) is 6.72. The Morgan fingerprint density at radius 3 is 2.67 bits per heavy atom. The summed E-state index contributed by atoms with van der Waals surface area (Å²) in [6.45, 7) is 4.49. The molecular weight excluding hydrogens is 248 g/mol. The first-order valence-electron chi connectivity index (χ1n) is 6.35. The van der Waals surface area contributed by atoms with Gasteiger partial charge in [-0.1, -0.05) is 36.7 Å². The van der Waals surface area contributed by atoms with E-state index < -0.39 is 0 Å². The molecule has 1 aromatic carbocycles. The Morgan fingerprint density at radius 1 is 1.44 bits per heavy atom. The minimum Gasteiger partial charge on any atom is -0.353 e. The standard InChI is InChI=1S/C14H21ClN2O/c1-3-10(2)17-14(18)12(8-9-16)11-6-4-5-7-13(11)15/h4-7,10,12H,3,8-9,16H2,1-2H3,(H,17,18). The number of amides is 1. The fraction of sp³-hybridized carbons (Fsp3) is 0.500. The summed E-state index contributed by atoms with van der Waals surface area (Å²) in [5.74, 6) is -0.263. The summed E-state index contributed by atoms with van der Waals surface area (Å²) in [7, 11) is 0. The number of nitrogens with one attached hydrogen (secondary N) is 1. The zero-order valence-corrected chi connectivity index (χ0v) is 11.7. The summed E-state index contributed by atoms with van der Waals surface area (Å²) >= 11 is 6.15. The maximum Gasteiger partial charge on any atom is 0.227 e. The highest BCUT2D eigenvalue weighted by molar-refractivity contribution is 6.31. The zero-order valence-electron chi connectivity index (χ0n) is 10.9. The summed E-state index contributed by atoms with van der Waals surface area (Å²) in [5.41, 5.74) is 6.45. The summed E-state index contributed by atoms with van der Waals surface area (Å²) in [6, 6.07) is 7.61. The molecule has 0 spiro atoms. The molecule has 1 rings (SSSR count). The smallest absolute Gasteiger partial charge is 0.227 e. The van der Waals surface area contributed by atoms with Crippen molar-refractivity contribution in [1.82, 2.24) is 5.32 Å². The van der Waals surface area contributed by atoms with Gasteiger partial charge in [-0.3, -0.25) is 4.79 Å². The van der Waals surface area contributed by atoms with E-state index in [1.54, 1.807) is 6.07 Å². The van der Waals surface area contributed by atoms with Gasteiger partial charge in [-0.25, -0.2) is 0 Å². The van der Waals surface area contributed by atoms with Crippen LogP contribution in [-0.2, 0) is 4.79 Å². The third-order valence-electron chi connectivity index (χ3n) is 3.05. The van der Waals surface area contributed by atoms with E-state index in [0.29, 0.717) is 18.0 Å². The molecule has 3 N–H and O–H groups in total. The van der Waals surface area contributed by atoms with Crippen molar-refractivity contribution in [2.24, 2.45) is 5.73 Å². The fourth-order valence-electron chi connectivity index (χ4n) is 1.80. The van der Waals surface area contributed by atoms with Crippen LogP contribution in [-0.4, -0.2) is 18.5 Å². The van der Waals surface area contributed by atoms with Crippen molar-refractivity contribution in [1.29, 1.82) is 0 Å². The van der Waals surface area contributed by atoms with Crippen molar-refractivity contribution in [3.05, 3.63) is 34.9 Å². The topological polar surface area (TPSA) is 55.1 Å². The first-order chi connectivity index (χ1) is 8.60. The SMILES string of the molecule is CCC(C)NC(=O)C(CCN)c1ccccc1Cl. The molecule has 1 aromatic rings. The lowest BCUT2D eigenvalue weighted by Gasteiger charge is -2.20. The normalized spacial score (nSPS) is 14.0. The average molecular weight is 269 g/mol. The number of halogens is 1. The molecule has 0 saturated heterocycles. The van der Waals surface area contributed by atoms with E-state index in [0.717, 1.165) is 12.0 Å². The highest BCUT2D eigenvalue weighted by Crippen LogP contribution is 2.27. The Morgan fingerprint density at radius 2 is 2.11 bits per heavy atom. The van der Waals surface area contributed by atoms with Gasteiger partial charge in [-0.15, -0.1) is 0 Å². The Bertz CT molecular complexity index is 395. The van der Waals surface area contributed by atoms with Gasteiger partial charge < -0.3 is 11.1 Å². The third kappa shape index (κ3) is 4.00. The number of rotatable bonds is 6. The van der Waals surface area contributed by atoms with Crippen molar-refractivity contribution in [2.45, 2.75) is 38.6 Å². The van der Waals surface area contributed by atoms with Gasteiger partial charge in [0.25, 0.3) is 0 Å². The lowest BCUT2D eigenvalue weighted by Crippen LogP contribution is -2.36. The highest BCUT2D eigenvalue weighted by atomic mass is 35.5. The minimum absolute atomic E-state index is 0.00269. The molecule has 0 bridgehead atoms. The molecule has 18 heavy (non-hydrogen) atoms. The van der Waals surface area contributed by atoms with Gasteiger partial charge in [-0.2, -0.15) is 0 Å². The Balaban J connectivity index is 2.89. The molecule has 0 fully saturated rings. The van der Waals surface area contributed by atoms with E-state index in [2.05, 4.69) is 5.32 Å². The van der Waals surface area contributed by atoms with Gasteiger partial charge in [-0.05, 0) is 37.9 Å². The predicted octanol–water partition coefficient (Wildman–Crippen LogP) is 2.69. The monoisotopic (exact) mass is 268 g/mol. The van der Waals surface area contributed by atoms with Crippen molar-refractivity contribution in [3.8, 4) is 0 Å². The molecule has 100 valence electrons. The maximum atomic E-state index is 12.2. The summed E-state index contributed by atoms with van der Waals surface area (Å²) in [6.07, 6.45) is 1.51. The number of nitrogens with two attached hydrogens (primary N) is 1. The van der Waals surface area contributed by atoms with Crippen LogP contribution in [0.1, 0.15) is 38.2 Å². The van der Waals surface area contributed by atoms with E-state index in [9.17, 15) is 4.79 Å². The lowest BCUT2D eigenvalue weighted by atomic mass is 9.94. The quantitative estimate of drug-likeness (QED) is 0.833. The van der Waals surface area contributed by atoms with Crippen LogP contribution < -0.4 is 11.1 Å². The van der Waals surface area contributed by atoms with E-state index >= 15 is 0 Å². The molecule has 0 aliphatic carbocycles. The molecule has 0 aliphatic heterocycles. The van der Waals surface area contributed by atoms with Crippen LogP contribution >= 0.6 is 11.6 Å². The van der Waals surface area contributed by atoms with E-state index in [-0.39, 0.29) is 17.9 Å². The zero-order chi connectivity index (χ0) is 13.5. The van der Waals surface area contributed by atoms with Crippen LogP contribution in [0.15, 0.2) is 24.3 Å². The average Bonchev–Trinajstić information content (AvgIpc) is 2.36. The number of hydrogen-bond acceptors (Lipinski definition) is 2. The predicted molar refractivity (Wildman–Crippen MR) is 75.8 cm³/mol. The molecule has 0 radical (unpaired) electrons. The van der Waals surface area contributed by atoms with Crippen LogP contribution in [0, 0.1) is 0 Å². The second kappa shape index (κ2) is 7.39. The first kappa shape index (κ1) is 15.0. The van der Waals surface area contributed by atoms with Crippen molar-refractivity contribution in [3.63, 3.8) is 0 Å². The summed E-state index contributed by atoms with van der Waals surface area (Å²) in [4.78, 5) is 12.2. The second-order valence-corrected chi connectivity index (χ2v) is 4.88. The summed E-state index contributed by atoms with van der Waals surface area (Å²) < 4.78 is 0. The van der Waals surface area contributed by atoms with Gasteiger partial charge in [0.15, 0.2) is 0 Å². The number of carbonyl (C=O) groups excluding carboxylic acids is 1. The largest absolute Gasteiger partial charge is 0.353 e. The highest BCUT2D eigenvalue weighted by Gasteiger charge is 2.22. The van der Waals surface area contributed by atoms with Gasteiger partial charge in [0, 0.05) is 11.1 Å². The van der Waals surface area contributed by atoms with E-state index in [4.69, 9.17) is 17.3 Å². The van der Waals surface area contributed by atoms with Gasteiger partial charge in [0.05, 0.1) is 5.92 Å². The van der Waals surface area contributed by atoms with Gasteiger partial charge in [0.2, 0.25) is 5.91 Å². The van der Waals surface area contributed by atoms with Crippen LogP contribution in [0.25, 0.3) is 0 Å². The molecule has 0 aromatic heterocycles. The maximum absolute atomic E-state index is 12.2. The number of carbonyl (C=O) groups is 1. The molecular formula is C14H21ClN2O. The minimum atomic E-state index is -0.266. The van der Waals surface area contributed by atoms with Crippen LogP contribution in [0.4, 0.5) is 0 Å². The Hall–Kier alpha value is -1.06. The molecule has 4 heteroatoms. The second-order valence-electron chi connectivity index (χ2n) is 4.47. The van der Waals surface area contributed by atoms with Crippen LogP contribution in [0.2, 0.25) is 5.02 Å². The van der Waals surface area contributed by atoms with Gasteiger partial charge in [0.1, 0.15) is 0 Å². The molecule has 2 unspecified atom stereocenters. The van der Waals surface area contributed by atoms with Crippen LogP contribution in [0.5, 0.6) is 0 Å².